The predicted molar refractivity (Wildman–Crippen MR) is 222 cm³/mol. The second-order valence-electron chi connectivity index (χ2n) is 19.3. The lowest BCUT2D eigenvalue weighted by molar-refractivity contribution is -0.164. The first kappa shape index (κ1) is 48.4. The van der Waals surface area contributed by atoms with Crippen LogP contribution in [-0.2, 0) is 33.4 Å². The molecule has 1 heterocycles. The third-order valence-electron chi connectivity index (χ3n) is 15.0. The number of ketones is 1. The molecule has 8 heteroatoms. The van der Waals surface area contributed by atoms with Crippen molar-refractivity contribution < 1.29 is 33.4 Å². The lowest BCUT2D eigenvalue weighted by Gasteiger charge is -2.58. The summed E-state index contributed by atoms with van der Waals surface area (Å²) in [5.74, 6) is -1.93. The van der Waals surface area contributed by atoms with Gasteiger partial charge in [-0.3, -0.25) is 24.1 Å². The van der Waals surface area contributed by atoms with Gasteiger partial charge in [-0.2, -0.15) is 0 Å². The zero-order valence-corrected chi connectivity index (χ0v) is 37.7. The van der Waals surface area contributed by atoms with Crippen molar-refractivity contribution in [2.45, 2.75) is 165 Å². The van der Waals surface area contributed by atoms with Crippen LogP contribution < -0.4 is 0 Å². The highest BCUT2D eigenvalue weighted by Crippen LogP contribution is 2.54. The molecule has 1 saturated heterocycles. The Morgan fingerprint density at radius 2 is 1.44 bits per heavy atom. The minimum atomic E-state index is -0.700. The smallest absolute Gasteiger partial charge is 0.309 e. The molecule has 0 spiro atoms. The van der Waals surface area contributed by atoms with Gasteiger partial charge in [-0.1, -0.05) is 120 Å². The van der Waals surface area contributed by atoms with Gasteiger partial charge in [-0.15, -0.1) is 0 Å². The SMILES string of the molecule is CCCCOC(=O)C(CC(C)C(C)c1ccccc1)C(C)(C)C(C)(C)CC(C(=O)OC)C(C)(C)CC(CN1C(C)(CC)CC(=O)C(C)C1(C)CC)C(=O)OC. The van der Waals surface area contributed by atoms with E-state index in [-0.39, 0.29) is 41.4 Å². The third kappa shape index (κ3) is 11.0. The lowest BCUT2D eigenvalue weighted by Crippen LogP contribution is -2.68. The maximum Gasteiger partial charge on any atom is 0.309 e. The summed E-state index contributed by atoms with van der Waals surface area (Å²) >= 11 is 0. The number of ether oxygens (including phenoxy) is 3. The summed E-state index contributed by atoms with van der Waals surface area (Å²) in [5.41, 5.74) is -1.46. The first-order valence-electron chi connectivity index (χ1n) is 21.1. The maximum atomic E-state index is 14.1. The standard InChI is InChI=1S/C47H79NO7/c1-17-20-26-55-42(52)37(27-32(4)33(5)35-24-22-21-23-25-35)45(11,12)44(9,10)29-38(41(51)54-16)43(7,8)28-36(40(50)53-15)31-48-46(13,18-2)30-39(49)34(6)47(48,14)19-3/h21-25,32-34,36-38H,17-20,26-31H2,1-16H3. The van der Waals surface area contributed by atoms with Gasteiger partial charge in [0.1, 0.15) is 5.78 Å². The fraction of sp³-hybridized carbons (Fsp3) is 0.787. The number of unbranched alkanes of at least 4 members (excludes halogenated alkanes) is 1. The molecule has 0 radical (unpaired) electrons. The summed E-state index contributed by atoms with van der Waals surface area (Å²) in [6.07, 6.45) is 5.13. The van der Waals surface area contributed by atoms with Gasteiger partial charge in [0.2, 0.25) is 0 Å². The normalized spacial score (nSPS) is 24.0. The Kier molecular flexibility index (Phi) is 17.3. The molecule has 314 valence electrons. The topological polar surface area (TPSA) is 99.2 Å². The molecule has 1 fully saturated rings. The average molecular weight is 770 g/mol. The van der Waals surface area contributed by atoms with Gasteiger partial charge < -0.3 is 14.2 Å². The van der Waals surface area contributed by atoms with Crippen LogP contribution in [0.5, 0.6) is 0 Å². The quantitative estimate of drug-likeness (QED) is 0.0692. The van der Waals surface area contributed by atoms with Gasteiger partial charge in [0.25, 0.3) is 0 Å². The van der Waals surface area contributed by atoms with Gasteiger partial charge in [0.05, 0.1) is 38.6 Å². The number of rotatable bonds is 21. The average Bonchev–Trinajstić information content (AvgIpc) is 3.15. The molecule has 0 aliphatic carbocycles. The van der Waals surface area contributed by atoms with Crippen molar-refractivity contribution in [1.29, 1.82) is 0 Å². The zero-order chi connectivity index (χ0) is 42.2. The van der Waals surface area contributed by atoms with Crippen LogP contribution in [0, 0.1) is 45.8 Å². The molecule has 8 atom stereocenters. The van der Waals surface area contributed by atoms with Crippen molar-refractivity contribution in [3.05, 3.63) is 35.9 Å². The molecule has 0 N–H and O–H groups in total. The van der Waals surface area contributed by atoms with Crippen molar-refractivity contribution in [1.82, 2.24) is 4.90 Å². The number of hydrogen-bond donors (Lipinski definition) is 0. The maximum absolute atomic E-state index is 14.1. The Morgan fingerprint density at radius 1 is 0.855 bits per heavy atom. The van der Waals surface area contributed by atoms with Crippen LogP contribution in [0.4, 0.5) is 0 Å². The van der Waals surface area contributed by atoms with Crippen molar-refractivity contribution >= 4 is 23.7 Å². The van der Waals surface area contributed by atoms with E-state index in [1.54, 1.807) is 0 Å². The van der Waals surface area contributed by atoms with Crippen molar-refractivity contribution in [2.24, 2.45) is 45.8 Å². The molecule has 0 bridgehead atoms. The van der Waals surface area contributed by atoms with Gasteiger partial charge in [-0.05, 0) is 86.0 Å². The van der Waals surface area contributed by atoms with Crippen molar-refractivity contribution in [3.63, 3.8) is 0 Å². The first-order chi connectivity index (χ1) is 25.4. The molecule has 1 aliphatic heterocycles. The zero-order valence-electron chi connectivity index (χ0n) is 37.7. The molecule has 1 aromatic rings. The van der Waals surface area contributed by atoms with Gasteiger partial charge in [-0.25, -0.2) is 0 Å². The molecule has 8 unspecified atom stereocenters. The van der Waals surface area contributed by atoms with E-state index in [0.29, 0.717) is 38.8 Å². The van der Waals surface area contributed by atoms with Crippen LogP contribution in [0.3, 0.4) is 0 Å². The van der Waals surface area contributed by atoms with Crippen LogP contribution in [-0.4, -0.2) is 67.0 Å². The fourth-order valence-corrected chi connectivity index (χ4v) is 9.28. The van der Waals surface area contributed by atoms with Crippen LogP contribution in [0.15, 0.2) is 30.3 Å². The van der Waals surface area contributed by atoms with Crippen LogP contribution in [0.25, 0.3) is 0 Å². The number of piperidine rings is 1. The highest BCUT2D eigenvalue weighted by molar-refractivity contribution is 5.84. The number of likely N-dealkylation sites (tertiary alicyclic amines) is 1. The minimum absolute atomic E-state index is 0.185. The van der Waals surface area contributed by atoms with Crippen molar-refractivity contribution in [2.75, 3.05) is 27.4 Å². The Labute approximate surface area is 335 Å². The van der Waals surface area contributed by atoms with E-state index in [4.69, 9.17) is 14.2 Å². The van der Waals surface area contributed by atoms with E-state index in [0.717, 1.165) is 25.7 Å². The number of methoxy groups -OCH3 is 2. The summed E-state index contributed by atoms with van der Waals surface area (Å²) in [6, 6.07) is 10.4. The summed E-state index contributed by atoms with van der Waals surface area (Å²) in [6.45, 7) is 30.5. The second kappa shape index (κ2) is 19.6. The van der Waals surface area contributed by atoms with Crippen LogP contribution in [0.1, 0.15) is 160 Å². The van der Waals surface area contributed by atoms with E-state index in [1.165, 1.54) is 19.8 Å². The van der Waals surface area contributed by atoms with E-state index < -0.39 is 45.1 Å². The molecule has 55 heavy (non-hydrogen) atoms. The van der Waals surface area contributed by atoms with Crippen LogP contribution in [0.2, 0.25) is 0 Å². The third-order valence-corrected chi connectivity index (χ3v) is 15.0. The Morgan fingerprint density at radius 3 is 1.95 bits per heavy atom. The molecule has 0 amide bonds. The number of esters is 3. The predicted octanol–water partition coefficient (Wildman–Crippen LogP) is 10.5. The molecule has 2 rings (SSSR count). The lowest BCUT2D eigenvalue weighted by atomic mass is 9.54. The Balaban J connectivity index is 2.57. The molecule has 8 nitrogen and oxygen atoms in total. The first-order valence-corrected chi connectivity index (χ1v) is 21.1. The van der Waals surface area contributed by atoms with Gasteiger partial charge >= 0.3 is 17.9 Å². The summed E-state index contributed by atoms with van der Waals surface area (Å²) < 4.78 is 17.0. The second-order valence-corrected chi connectivity index (χ2v) is 19.3. The number of Topliss-reactive ketones (excluding diaryl/α,β-unsaturated/α-hetero) is 1. The number of nitrogens with zero attached hydrogens (tertiary/aromatic N) is 1. The molecule has 0 aromatic heterocycles. The molecule has 1 aromatic carbocycles. The van der Waals surface area contributed by atoms with Gasteiger partial charge in [0.15, 0.2) is 0 Å². The summed E-state index contributed by atoms with van der Waals surface area (Å²) in [7, 11) is 2.85. The Hall–Kier alpha value is -2.74. The number of carbonyl (C=O) groups excluding carboxylic acids is 4. The van der Waals surface area contributed by atoms with Crippen LogP contribution >= 0.6 is 0 Å². The molecular weight excluding hydrogens is 691 g/mol. The summed E-state index contributed by atoms with van der Waals surface area (Å²) in [5, 5.41) is 0. The fourth-order valence-electron chi connectivity index (χ4n) is 9.28. The van der Waals surface area contributed by atoms with Crippen molar-refractivity contribution in [3.8, 4) is 0 Å². The largest absolute Gasteiger partial charge is 0.469 e. The molecule has 1 aliphatic rings. The number of carbonyl (C=O) groups is 4. The molecule has 0 saturated carbocycles. The highest BCUT2D eigenvalue weighted by Gasteiger charge is 2.55. The van der Waals surface area contributed by atoms with Gasteiger partial charge in [0, 0.05) is 30.0 Å². The number of benzene rings is 1. The monoisotopic (exact) mass is 770 g/mol. The summed E-state index contributed by atoms with van der Waals surface area (Å²) in [4.78, 5) is 57.6. The van der Waals surface area contributed by atoms with E-state index in [2.05, 4.69) is 105 Å². The minimum Gasteiger partial charge on any atom is -0.469 e. The number of hydrogen-bond acceptors (Lipinski definition) is 8. The molecular formula is C47H79NO7. The van der Waals surface area contributed by atoms with E-state index in [1.807, 2.05) is 26.8 Å². The Bertz CT molecular complexity index is 1420. The van der Waals surface area contributed by atoms with E-state index >= 15 is 0 Å². The highest BCUT2D eigenvalue weighted by atomic mass is 16.5. The van der Waals surface area contributed by atoms with E-state index in [9.17, 15) is 19.2 Å².